The summed E-state index contributed by atoms with van der Waals surface area (Å²) < 4.78 is 13.6. The summed E-state index contributed by atoms with van der Waals surface area (Å²) in [4.78, 5) is 13.5. The van der Waals surface area contributed by atoms with Crippen molar-refractivity contribution in [1.29, 1.82) is 0 Å². The van der Waals surface area contributed by atoms with E-state index in [2.05, 4.69) is 40.6 Å². The molecule has 7 heteroatoms. The molecule has 0 aliphatic heterocycles. The molecule has 0 spiro atoms. The lowest BCUT2D eigenvalue weighted by Gasteiger charge is -2.01. The lowest BCUT2D eigenvalue weighted by atomic mass is 10.1. The molecule has 3 heterocycles. The zero-order valence-electron chi connectivity index (χ0n) is 19.1. The molecule has 33 heavy (non-hydrogen) atoms. The Morgan fingerprint density at radius 2 is 2.06 bits per heavy atom. The van der Waals surface area contributed by atoms with Gasteiger partial charge in [-0.3, -0.25) is 10.1 Å². The van der Waals surface area contributed by atoms with Crippen molar-refractivity contribution in [2.24, 2.45) is 10.9 Å². The summed E-state index contributed by atoms with van der Waals surface area (Å²) in [5, 5.41) is 8.82. The predicted octanol–water partition coefficient (Wildman–Crippen LogP) is 5.59. The number of thiophene rings is 1. The van der Waals surface area contributed by atoms with E-state index in [1.165, 1.54) is 6.07 Å². The van der Waals surface area contributed by atoms with Crippen molar-refractivity contribution in [3.8, 4) is 22.0 Å². The van der Waals surface area contributed by atoms with Gasteiger partial charge in [0.1, 0.15) is 5.69 Å². The van der Waals surface area contributed by atoms with Gasteiger partial charge in [0, 0.05) is 21.9 Å². The normalized spacial score (nSPS) is 13.8. The van der Waals surface area contributed by atoms with Crippen LogP contribution in [0.3, 0.4) is 0 Å². The summed E-state index contributed by atoms with van der Waals surface area (Å²) in [6, 6.07) is 9.07. The average molecular weight is 460 g/mol. The Kier molecular flexibility index (Phi) is 6.51. The Balaban J connectivity index is 1.70. The van der Waals surface area contributed by atoms with Crippen LogP contribution in [0.2, 0.25) is 0 Å². The third kappa shape index (κ3) is 4.78. The van der Waals surface area contributed by atoms with Gasteiger partial charge in [-0.1, -0.05) is 44.7 Å². The van der Waals surface area contributed by atoms with Gasteiger partial charge in [0.15, 0.2) is 11.0 Å². The lowest BCUT2D eigenvalue weighted by Crippen LogP contribution is -2.21. The quantitative estimate of drug-likeness (QED) is 0.292. The first-order valence-electron chi connectivity index (χ1n) is 10.7. The van der Waals surface area contributed by atoms with E-state index in [0.717, 1.165) is 54.6 Å². The lowest BCUT2D eigenvalue weighted by molar-refractivity contribution is 0.657. The maximum absolute atomic E-state index is 13.6. The number of hydrogen-bond acceptors (Lipinski definition) is 4. The number of aromatic nitrogens is 4. The van der Waals surface area contributed by atoms with Gasteiger partial charge in [0.2, 0.25) is 0 Å². The maximum Gasteiger partial charge on any atom is 0.176 e. The van der Waals surface area contributed by atoms with Crippen LogP contribution in [0.15, 0.2) is 58.7 Å². The minimum atomic E-state index is -0.218. The van der Waals surface area contributed by atoms with E-state index in [-0.39, 0.29) is 5.13 Å². The Morgan fingerprint density at radius 3 is 2.76 bits per heavy atom. The topological polar surface area (TPSA) is 69.7 Å². The Bertz CT molecular complexity index is 1500. The molecule has 0 atom stereocenters. The molecule has 0 saturated heterocycles. The summed E-state index contributed by atoms with van der Waals surface area (Å²) in [6.45, 7) is 12.4. The summed E-state index contributed by atoms with van der Waals surface area (Å²) in [7, 11) is 0. The zero-order valence-corrected chi connectivity index (χ0v) is 19.9. The third-order valence-corrected chi connectivity index (χ3v) is 6.07. The summed E-state index contributed by atoms with van der Waals surface area (Å²) in [5.41, 5.74) is 5.15. The number of nitrogens with one attached hydrogen (secondary N) is 2. The smallest absolute Gasteiger partial charge is 0.176 e. The van der Waals surface area contributed by atoms with Gasteiger partial charge in [-0.15, -0.1) is 11.3 Å². The van der Waals surface area contributed by atoms with Crippen LogP contribution in [0.1, 0.15) is 27.7 Å². The Hall–Kier alpha value is -3.58. The number of hydrogen-bond donors (Lipinski definition) is 2. The molecule has 0 fully saturated rings. The van der Waals surface area contributed by atoms with Crippen LogP contribution in [-0.4, -0.2) is 26.4 Å². The standard InChI is InChI=1S/C26H26FN5S/c1-6-19(28-14-15(2)3)16(4)10-11-20-17(5)24(32-31-20)26-29-21-9-7-8-18(25(21)30-26)22-12-13-23(27)33-22/h6-15,31H,5H2,1-4H3,(H,29,30)/b16-10+,19-6-,20-11+,28-14?. The predicted molar refractivity (Wildman–Crippen MR) is 137 cm³/mol. The number of nitrogens with zero attached hydrogens (tertiary/aromatic N) is 3. The minimum absolute atomic E-state index is 0.218. The molecular weight excluding hydrogens is 433 g/mol. The minimum Gasteiger partial charge on any atom is -0.337 e. The van der Waals surface area contributed by atoms with E-state index < -0.39 is 0 Å². The van der Waals surface area contributed by atoms with Gasteiger partial charge >= 0.3 is 0 Å². The molecule has 1 aromatic carbocycles. The van der Waals surface area contributed by atoms with E-state index in [0.29, 0.717) is 17.4 Å². The molecule has 5 nitrogen and oxygen atoms in total. The van der Waals surface area contributed by atoms with Crippen LogP contribution in [0.25, 0.3) is 45.6 Å². The SMILES string of the molecule is C=c1c(-c2nc3c(-c4ccc(F)s4)cccc3[nH]2)n[nH]/c1=C/C=C(C)/C(=C/C)N=CC(C)C. The highest BCUT2D eigenvalue weighted by atomic mass is 32.1. The van der Waals surface area contributed by atoms with Gasteiger partial charge in [-0.05, 0) is 49.6 Å². The van der Waals surface area contributed by atoms with E-state index >= 15 is 0 Å². The molecular formula is C26H26FN5S. The van der Waals surface area contributed by atoms with Crippen molar-refractivity contribution in [3.05, 3.63) is 69.5 Å². The molecule has 3 aromatic heterocycles. The van der Waals surface area contributed by atoms with Gasteiger partial charge in [-0.2, -0.15) is 9.49 Å². The first-order chi connectivity index (χ1) is 15.9. The number of imidazole rings is 1. The second-order valence-corrected chi connectivity index (χ2v) is 9.10. The molecule has 0 radical (unpaired) electrons. The summed E-state index contributed by atoms with van der Waals surface area (Å²) in [6.07, 6.45) is 7.88. The fourth-order valence-electron chi connectivity index (χ4n) is 3.44. The number of rotatable bonds is 6. The summed E-state index contributed by atoms with van der Waals surface area (Å²) >= 11 is 1.11. The molecule has 0 aliphatic rings. The fourth-order valence-corrected chi connectivity index (χ4v) is 4.20. The van der Waals surface area contributed by atoms with Crippen molar-refractivity contribution < 1.29 is 4.39 Å². The fraction of sp³-hybridized carbons (Fsp3) is 0.192. The molecule has 4 aromatic rings. The molecule has 0 saturated carbocycles. The van der Waals surface area contributed by atoms with Crippen LogP contribution in [0.4, 0.5) is 4.39 Å². The third-order valence-electron chi connectivity index (χ3n) is 5.16. The molecule has 0 unspecified atom stereocenters. The number of para-hydroxylation sites is 1. The number of aliphatic imine (C=N–C) groups is 1. The van der Waals surface area contributed by atoms with E-state index in [1.807, 2.05) is 56.5 Å². The molecule has 2 N–H and O–H groups in total. The Labute approximate surface area is 195 Å². The van der Waals surface area contributed by atoms with E-state index in [1.54, 1.807) is 6.07 Å². The van der Waals surface area contributed by atoms with Gasteiger partial charge < -0.3 is 4.98 Å². The van der Waals surface area contributed by atoms with Gasteiger partial charge in [-0.25, -0.2) is 4.98 Å². The van der Waals surface area contributed by atoms with Crippen molar-refractivity contribution in [3.63, 3.8) is 0 Å². The molecule has 0 amide bonds. The first-order valence-corrected chi connectivity index (χ1v) is 11.6. The average Bonchev–Trinajstić information content (AvgIpc) is 3.50. The second kappa shape index (κ2) is 9.50. The molecule has 0 aliphatic carbocycles. The molecule has 4 rings (SSSR count). The van der Waals surface area contributed by atoms with Crippen LogP contribution in [0.5, 0.6) is 0 Å². The highest BCUT2D eigenvalue weighted by molar-refractivity contribution is 7.14. The van der Waals surface area contributed by atoms with Crippen molar-refractivity contribution in [2.75, 3.05) is 0 Å². The number of benzene rings is 1. The van der Waals surface area contributed by atoms with Crippen LogP contribution >= 0.6 is 11.3 Å². The number of H-pyrrole nitrogens is 2. The monoisotopic (exact) mass is 459 g/mol. The maximum atomic E-state index is 13.6. The number of halogens is 1. The largest absolute Gasteiger partial charge is 0.337 e. The first kappa shape index (κ1) is 22.6. The van der Waals surface area contributed by atoms with Crippen LogP contribution < -0.4 is 10.6 Å². The molecule has 168 valence electrons. The van der Waals surface area contributed by atoms with Gasteiger partial charge in [0.25, 0.3) is 0 Å². The van der Waals surface area contributed by atoms with Crippen molar-refractivity contribution >= 4 is 41.2 Å². The number of fused-ring (bicyclic) bond motifs is 1. The van der Waals surface area contributed by atoms with E-state index in [9.17, 15) is 4.39 Å². The molecule has 0 bridgehead atoms. The van der Waals surface area contributed by atoms with Gasteiger partial charge in [0.05, 0.1) is 22.1 Å². The number of aromatic amines is 2. The van der Waals surface area contributed by atoms with Crippen LogP contribution in [-0.2, 0) is 0 Å². The summed E-state index contributed by atoms with van der Waals surface area (Å²) in [5.74, 6) is 1.01. The van der Waals surface area contributed by atoms with Crippen LogP contribution in [0, 0.1) is 11.0 Å². The van der Waals surface area contributed by atoms with Crippen molar-refractivity contribution in [2.45, 2.75) is 27.7 Å². The van der Waals surface area contributed by atoms with E-state index in [4.69, 9.17) is 4.98 Å². The number of allylic oxidation sites excluding steroid dienone is 3. The highest BCUT2D eigenvalue weighted by Crippen LogP contribution is 2.32. The zero-order chi connectivity index (χ0) is 23.5. The Morgan fingerprint density at radius 1 is 1.24 bits per heavy atom. The second-order valence-electron chi connectivity index (χ2n) is 8.07. The van der Waals surface area contributed by atoms with Crippen molar-refractivity contribution in [1.82, 2.24) is 20.2 Å². The highest BCUT2D eigenvalue weighted by Gasteiger charge is 2.14.